The fourth-order valence-electron chi connectivity index (χ4n) is 2.24. The van der Waals surface area contributed by atoms with Crippen molar-refractivity contribution < 1.29 is 9.47 Å². The van der Waals surface area contributed by atoms with Crippen LogP contribution in [0.2, 0.25) is 0 Å². The first-order valence-corrected chi connectivity index (χ1v) is 7.33. The highest BCUT2D eigenvalue weighted by molar-refractivity contribution is 5.43. The molecule has 0 fully saturated rings. The van der Waals surface area contributed by atoms with Crippen molar-refractivity contribution in [2.24, 2.45) is 0 Å². The number of ether oxygens (including phenoxy) is 2. The Morgan fingerprint density at radius 1 is 1.25 bits per heavy atom. The molecule has 1 rings (SSSR count). The number of benzene rings is 1. The molecule has 0 saturated carbocycles. The van der Waals surface area contributed by atoms with Gasteiger partial charge in [0.25, 0.3) is 0 Å². The number of nitrogens with one attached hydrogen (secondary N) is 1. The number of allylic oxidation sites excluding steroid dienone is 1. The SMILES string of the molecule is C=CCCCC(NCCC)c1ccc(OC)c(OC)c1. The van der Waals surface area contributed by atoms with E-state index in [2.05, 4.69) is 31.0 Å². The molecule has 0 radical (unpaired) electrons. The zero-order chi connectivity index (χ0) is 14.8. The average Bonchev–Trinajstić information content (AvgIpc) is 2.50. The van der Waals surface area contributed by atoms with E-state index < -0.39 is 0 Å². The molecule has 20 heavy (non-hydrogen) atoms. The quantitative estimate of drug-likeness (QED) is 0.516. The maximum absolute atomic E-state index is 5.39. The Hall–Kier alpha value is -1.48. The molecule has 1 aromatic rings. The van der Waals surface area contributed by atoms with Gasteiger partial charge in [-0.05, 0) is 49.9 Å². The summed E-state index contributed by atoms with van der Waals surface area (Å²) in [6, 6.07) is 6.51. The van der Waals surface area contributed by atoms with Gasteiger partial charge < -0.3 is 14.8 Å². The number of methoxy groups -OCH3 is 2. The Bertz CT molecular complexity index is 404. The molecule has 1 aromatic carbocycles. The summed E-state index contributed by atoms with van der Waals surface area (Å²) < 4.78 is 10.7. The molecule has 1 unspecified atom stereocenters. The van der Waals surface area contributed by atoms with Crippen molar-refractivity contribution in [3.05, 3.63) is 36.4 Å². The smallest absolute Gasteiger partial charge is 0.161 e. The van der Waals surface area contributed by atoms with E-state index in [-0.39, 0.29) is 0 Å². The van der Waals surface area contributed by atoms with Gasteiger partial charge in [-0.3, -0.25) is 0 Å². The molecular formula is C17H27NO2. The molecule has 0 bridgehead atoms. The van der Waals surface area contributed by atoms with Crippen LogP contribution in [0.3, 0.4) is 0 Å². The number of hydrogen-bond donors (Lipinski definition) is 1. The van der Waals surface area contributed by atoms with E-state index in [0.29, 0.717) is 6.04 Å². The van der Waals surface area contributed by atoms with E-state index in [1.54, 1.807) is 14.2 Å². The number of rotatable bonds is 10. The van der Waals surface area contributed by atoms with Gasteiger partial charge >= 0.3 is 0 Å². The predicted molar refractivity (Wildman–Crippen MR) is 84.6 cm³/mol. The van der Waals surface area contributed by atoms with Crippen molar-refractivity contribution >= 4 is 0 Å². The average molecular weight is 277 g/mol. The largest absolute Gasteiger partial charge is 0.493 e. The van der Waals surface area contributed by atoms with Crippen LogP contribution in [0.15, 0.2) is 30.9 Å². The lowest BCUT2D eigenvalue weighted by atomic mass is 10.00. The molecule has 0 saturated heterocycles. The topological polar surface area (TPSA) is 30.5 Å². The summed E-state index contributed by atoms with van der Waals surface area (Å²) in [7, 11) is 3.34. The van der Waals surface area contributed by atoms with Crippen molar-refractivity contribution in [3.8, 4) is 11.5 Å². The minimum atomic E-state index is 0.356. The fraction of sp³-hybridized carbons (Fsp3) is 0.529. The minimum Gasteiger partial charge on any atom is -0.493 e. The third-order valence-electron chi connectivity index (χ3n) is 3.35. The van der Waals surface area contributed by atoms with Crippen LogP contribution in [0.25, 0.3) is 0 Å². The van der Waals surface area contributed by atoms with Gasteiger partial charge in [-0.1, -0.05) is 19.1 Å². The second-order valence-corrected chi connectivity index (χ2v) is 4.84. The number of unbranched alkanes of at least 4 members (excludes halogenated alkanes) is 1. The molecular weight excluding hydrogens is 250 g/mol. The molecule has 0 aliphatic carbocycles. The van der Waals surface area contributed by atoms with Crippen LogP contribution in [-0.4, -0.2) is 20.8 Å². The molecule has 0 amide bonds. The van der Waals surface area contributed by atoms with E-state index in [4.69, 9.17) is 9.47 Å². The summed E-state index contributed by atoms with van der Waals surface area (Å²) in [5, 5.41) is 3.60. The highest BCUT2D eigenvalue weighted by Gasteiger charge is 2.13. The zero-order valence-electron chi connectivity index (χ0n) is 12.9. The lowest BCUT2D eigenvalue weighted by Crippen LogP contribution is -2.22. The zero-order valence-corrected chi connectivity index (χ0v) is 12.9. The van der Waals surface area contributed by atoms with Crippen molar-refractivity contribution in [1.82, 2.24) is 5.32 Å². The third-order valence-corrected chi connectivity index (χ3v) is 3.35. The molecule has 0 spiro atoms. The Kier molecular flexibility index (Phi) is 7.81. The molecule has 112 valence electrons. The lowest BCUT2D eigenvalue weighted by molar-refractivity contribution is 0.353. The first-order chi connectivity index (χ1) is 9.76. The van der Waals surface area contributed by atoms with Crippen molar-refractivity contribution in [3.63, 3.8) is 0 Å². The van der Waals surface area contributed by atoms with Crippen LogP contribution in [0, 0.1) is 0 Å². The van der Waals surface area contributed by atoms with Crippen LogP contribution in [0.5, 0.6) is 11.5 Å². The standard InChI is InChI=1S/C17H27NO2/c1-5-7-8-9-15(18-12-6-2)14-10-11-16(19-3)17(13-14)20-4/h5,10-11,13,15,18H,1,6-9,12H2,2-4H3. The van der Waals surface area contributed by atoms with E-state index in [1.807, 2.05) is 12.1 Å². The highest BCUT2D eigenvalue weighted by atomic mass is 16.5. The molecule has 3 nitrogen and oxygen atoms in total. The molecule has 0 aliphatic rings. The summed E-state index contributed by atoms with van der Waals surface area (Å²) in [6.07, 6.45) is 6.40. The summed E-state index contributed by atoms with van der Waals surface area (Å²) in [5.74, 6) is 1.56. The first kappa shape index (κ1) is 16.6. The Balaban J connectivity index is 2.84. The Morgan fingerprint density at radius 3 is 2.60 bits per heavy atom. The lowest BCUT2D eigenvalue weighted by Gasteiger charge is -2.20. The molecule has 0 aromatic heterocycles. The van der Waals surface area contributed by atoms with Gasteiger partial charge in [0.15, 0.2) is 11.5 Å². The Labute approximate surface area is 123 Å². The van der Waals surface area contributed by atoms with E-state index in [9.17, 15) is 0 Å². The van der Waals surface area contributed by atoms with Crippen molar-refractivity contribution in [1.29, 1.82) is 0 Å². The van der Waals surface area contributed by atoms with Crippen LogP contribution in [-0.2, 0) is 0 Å². The van der Waals surface area contributed by atoms with Crippen molar-refractivity contribution in [2.75, 3.05) is 20.8 Å². The van der Waals surface area contributed by atoms with Gasteiger partial charge in [-0.15, -0.1) is 6.58 Å². The highest BCUT2D eigenvalue weighted by Crippen LogP contribution is 2.31. The van der Waals surface area contributed by atoms with Crippen molar-refractivity contribution in [2.45, 2.75) is 38.6 Å². The predicted octanol–water partition coefficient (Wildman–Crippen LogP) is 4.10. The maximum atomic E-state index is 5.39. The molecule has 0 heterocycles. The monoisotopic (exact) mass is 277 g/mol. The second kappa shape index (κ2) is 9.43. The summed E-state index contributed by atoms with van der Waals surface area (Å²) in [5.41, 5.74) is 1.25. The van der Waals surface area contributed by atoms with Gasteiger partial charge in [0.2, 0.25) is 0 Å². The van der Waals surface area contributed by atoms with E-state index >= 15 is 0 Å². The molecule has 1 N–H and O–H groups in total. The molecule has 0 aliphatic heterocycles. The maximum Gasteiger partial charge on any atom is 0.161 e. The fourth-order valence-corrected chi connectivity index (χ4v) is 2.24. The Morgan fingerprint density at radius 2 is 2.00 bits per heavy atom. The van der Waals surface area contributed by atoms with Gasteiger partial charge in [-0.25, -0.2) is 0 Å². The van der Waals surface area contributed by atoms with Gasteiger partial charge in [0.1, 0.15) is 0 Å². The minimum absolute atomic E-state index is 0.356. The summed E-state index contributed by atoms with van der Waals surface area (Å²) >= 11 is 0. The molecule has 3 heteroatoms. The van der Waals surface area contributed by atoms with E-state index in [0.717, 1.165) is 43.7 Å². The van der Waals surface area contributed by atoms with Crippen LogP contribution < -0.4 is 14.8 Å². The third kappa shape index (κ3) is 4.89. The molecule has 1 atom stereocenters. The second-order valence-electron chi connectivity index (χ2n) is 4.84. The van der Waals surface area contributed by atoms with Gasteiger partial charge in [-0.2, -0.15) is 0 Å². The van der Waals surface area contributed by atoms with Crippen LogP contribution in [0.1, 0.15) is 44.2 Å². The van der Waals surface area contributed by atoms with Crippen LogP contribution >= 0.6 is 0 Å². The number of hydrogen-bond acceptors (Lipinski definition) is 3. The van der Waals surface area contributed by atoms with E-state index in [1.165, 1.54) is 5.56 Å². The normalized spacial score (nSPS) is 11.9. The first-order valence-electron chi connectivity index (χ1n) is 7.33. The summed E-state index contributed by atoms with van der Waals surface area (Å²) in [6.45, 7) is 6.99. The van der Waals surface area contributed by atoms with Gasteiger partial charge in [0, 0.05) is 6.04 Å². The summed E-state index contributed by atoms with van der Waals surface area (Å²) in [4.78, 5) is 0. The van der Waals surface area contributed by atoms with Crippen LogP contribution in [0.4, 0.5) is 0 Å². The van der Waals surface area contributed by atoms with Gasteiger partial charge in [0.05, 0.1) is 14.2 Å².